The number of carbonyl (C=O) groups is 2. The van der Waals surface area contributed by atoms with E-state index in [1.165, 1.54) is 30.2 Å². The Morgan fingerprint density at radius 2 is 1.53 bits per heavy atom. The number of nitrogens with zero attached hydrogens (tertiary/aromatic N) is 1. The molecule has 0 aliphatic carbocycles. The van der Waals surface area contributed by atoms with Crippen LogP contribution in [0, 0.1) is 0 Å². The molecule has 0 spiro atoms. The maximum absolute atomic E-state index is 13.6. The van der Waals surface area contributed by atoms with E-state index in [1.807, 2.05) is 30.3 Å². The highest BCUT2D eigenvalue weighted by Gasteiger charge is 2.30. The van der Waals surface area contributed by atoms with Crippen LogP contribution < -0.4 is 19.7 Å². The van der Waals surface area contributed by atoms with Crippen LogP contribution in [0.1, 0.15) is 21.5 Å². The lowest BCUT2D eigenvalue weighted by Crippen LogP contribution is -2.48. The number of carbonyl (C=O) groups excluding carboxylic acids is 2. The predicted octanol–water partition coefficient (Wildman–Crippen LogP) is 5.52. The number of hydrogen-bond donors (Lipinski definition) is 2. The average Bonchev–Trinajstić information content (AvgIpc) is 3.00. The Labute approximate surface area is 247 Å². The van der Waals surface area contributed by atoms with Gasteiger partial charge in [-0.25, -0.2) is 8.42 Å². The number of methoxy groups -OCH3 is 1. The molecular formula is C31H28F3N3O5S. The quantitative estimate of drug-likeness (QED) is 0.246. The number of hydrogen-bond acceptors (Lipinski definition) is 5. The number of anilines is 2. The van der Waals surface area contributed by atoms with Crippen molar-refractivity contribution in [1.82, 2.24) is 5.32 Å². The first-order valence-corrected chi connectivity index (χ1v) is 14.4. The van der Waals surface area contributed by atoms with Gasteiger partial charge in [0.15, 0.2) is 0 Å². The van der Waals surface area contributed by atoms with E-state index in [4.69, 9.17) is 4.74 Å². The fraction of sp³-hybridized carbons (Fsp3) is 0.161. The van der Waals surface area contributed by atoms with Crippen LogP contribution in [0.25, 0.3) is 0 Å². The zero-order chi connectivity index (χ0) is 31.2. The summed E-state index contributed by atoms with van der Waals surface area (Å²) < 4.78 is 71.9. The van der Waals surface area contributed by atoms with Gasteiger partial charge in [0, 0.05) is 30.4 Å². The second-order valence-electron chi connectivity index (χ2n) is 9.52. The summed E-state index contributed by atoms with van der Waals surface area (Å²) in [5.74, 6) is -0.486. The Morgan fingerprint density at radius 3 is 2.14 bits per heavy atom. The van der Waals surface area contributed by atoms with Gasteiger partial charge in [0.05, 0.1) is 17.6 Å². The van der Waals surface area contributed by atoms with Crippen LogP contribution in [0.2, 0.25) is 0 Å². The van der Waals surface area contributed by atoms with Crippen LogP contribution in [0.15, 0.2) is 108 Å². The van der Waals surface area contributed by atoms with Gasteiger partial charge in [-0.1, -0.05) is 36.4 Å². The van der Waals surface area contributed by atoms with Gasteiger partial charge in [-0.15, -0.1) is 0 Å². The van der Waals surface area contributed by atoms with E-state index in [9.17, 15) is 31.2 Å². The first-order valence-electron chi connectivity index (χ1n) is 12.9. The SMILES string of the molecule is COc1ccc(N(C)C(=O)[C@H](Cc2ccccc2)NC(=O)c2cccc(S(=O)(=O)Nc3ccc(C(F)(F)F)cc3)c2)cc1. The van der Waals surface area contributed by atoms with Crippen LogP contribution in [0.5, 0.6) is 5.75 Å². The first-order chi connectivity index (χ1) is 20.4. The van der Waals surface area contributed by atoms with Crippen molar-refractivity contribution < 1.29 is 35.9 Å². The van der Waals surface area contributed by atoms with Crippen molar-refractivity contribution in [3.8, 4) is 5.75 Å². The molecule has 0 bridgehead atoms. The third kappa shape index (κ3) is 7.92. The number of rotatable bonds is 10. The Balaban J connectivity index is 1.55. The van der Waals surface area contributed by atoms with Crippen molar-refractivity contribution in [2.75, 3.05) is 23.8 Å². The summed E-state index contributed by atoms with van der Waals surface area (Å²) >= 11 is 0. The Kier molecular flexibility index (Phi) is 9.40. The van der Waals surface area contributed by atoms with Crippen LogP contribution in [-0.4, -0.2) is 40.4 Å². The Bertz CT molecular complexity index is 1680. The molecule has 0 aliphatic rings. The molecule has 43 heavy (non-hydrogen) atoms. The molecule has 0 unspecified atom stereocenters. The molecule has 12 heteroatoms. The molecule has 4 aromatic carbocycles. The summed E-state index contributed by atoms with van der Waals surface area (Å²) in [7, 11) is -1.16. The summed E-state index contributed by atoms with van der Waals surface area (Å²) in [6.07, 6.45) is -4.40. The van der Waals surface area contributed by atoms with E-state index in [1.54, 1.807) is 31.3 Å². The van der Waals surface area contributed by atoms with Gasteiger partial charge in [0.2, 0.25) is 5.91 Å². The van der Waals surface area contributed by atoms with Crippen molar-refractivity contribution in [2.45, 2.75) is 23.5 Å². The second-order valence-corrected chi connectivity index (χ2v) is 11.2. The summed E-state index contributed by atoms with van der Waals surface area (Å²) in [6, 6.07) is 23.5. The van der Waals surface area contributed by atoms with Gasteiger partial charge in [-0.3, -0.25) is 14.3 Å². The number of likely N-dealkylation sites (N-methyl/N-ethyl adjacent to an activating group) is 1. The molecule has 4 rings (SSSR count). The summed E-state index contributed by atoms with van der Waals surface area (Å²) in [5, 5.41) is 2.73. The molecule has 2 amide bonds. The Morgan fingerprint density at radius 1 is 0.884 bits per heavy atom. The highest BCUT2D eigenvalue weighted by Crippen LogP contribution is 2.30. The number of benzene rings is 4. The zero-order valence-corrected chi connectivity index (χ0v) is 23.9. The molecule has 0 aliphatic heterocycles. The summed E-state index contributed by atoms with van der Waals surface area (Å²) in [4.78, 5) is 28.0. The molecule has 0 radical (unpaired) electrons. The summed E-state index contributed by atoms with van der Waals surface area (Å²) in [5.41, 5.74) is 0.319. The van der Waals surface area contributed by atoms with Gasteiger partial charge < -0.3 is 15.0 Å². The molecular weight excluding hydrogens is 583 g/mol. The standard InChI is InChI=1S/C31H28F3N3O5S/c1-37(25-15-17-26(42-2)18-16-25)30(39)28(19-21-7-4-3-5-8-21)35-29(38)22-9-6-10-27(20-22)43(40,41)36-24-13-11-23(12-14-24)31(32,33)34/h3-18,20,28,36H,19H2,1-2H3,(H,35,38)/t28-/m0/s1. The molecule has 0 aromatic heterocycles. The zero-order valence-electron chi connectivity index (χ0n) is 23.1. The third-order valence-electron chi connectivity index (χ3n) is 6.55. The van der Waals surface area contributed by atoms with Crippen LogP contribution in [0.4, 0.5) is 24.5 Å². The minimum absolute atomic E-state index is 0.0340. The Hall–Kier alpha value is -4.84. The number of amides is 2. The lowest BCUT2D eigenvalue weighted by atomic mass is 10.0. The normalized spacial score (nSPS) is 12.2. The van der Waals surface area contributed by atoms with Crippen molar-refractivity contribution in [2.24, 2.45) is 0 Å². The van der Waals surface area contributed by atoms with E-state index in [0.29, 0.717) is 11.4 Å². The number of sulfonamides is 1. The average molecular weight is 612 g/mol. The van der Waals surface area contributed by atoms with Crippen molar-refractivity contribution in [3.05, 3.63) is 120 Å². The van der Waals surface area contributed by atoms with Crippen LogP contribution in [0.3, 0.4) is 0 Å². The fourth-order valence-electron chi connectivity index (χ4n) is 4.20. The molecule has 0 saturated heterocycles. The largest absolute Gasteiger partial charge is 0.497 e. The molecule has 8 nitrogen and oxygen atoms in total. The van der Waals surface area contributed by atoms with Gasteiger partial charge in [-0.2, -0.15) is 13.2 Å². The smallest absolute Gasteiger partial charge is 0.416 e. The molecule has 0 heterocycles. The van der Waals surface area contributed by atoms with Crippen molar-refractivity contribution in [1.29, 1.82) is 0 Å². The van der Waals surface area contributed by atoms with E-state index in [2.05, 4.69) is 10.0 Å². The van der Waals surface area contributed by atoms with Gasteiger partial charge in [0.25, 0.3) is 15.9 Å². The minimum Gasteiger partial charge on any atom is -0.497 e. The summed E-state index contributed by atoms with van der Waals surface area (Å²) in [6.45, 7) is 0. The van der Waals surface area contributed by atoms with E-state index in [0.717, 1.165) is 35.9 Å². The second kappa shape index (κ2) is 13.0. The lowest BCUT2D eigenvalue weighted by Gasteiger charge is -2.25. The molecule has 2 N–H and O–H groups in total. The topological polar surface area (TPSA) is 105 Å². The molecule has 4 aromatic rings. The lowest BCUT2D eigenvalue weighted by molar-refractivity contribution is -0.137. The fourth-order valence-corrected chi connectivity index (χ4v) is 5.31. The van der Waals surface area contributed by atoms with Gasteiger partial charge in [-0.05, 0) is 72.3 Å². The predicted molar refractivity (Wildman–Crippen MR) is 156 cm³/mol. The van der Waals surface area contributed by atoms with E-state index < -0.39 is 39.6 Å². The molecule has 0 fully saturated rings. The maximum Gasteiger partial charge on any atom is 0.416 e. The number of alkyl halides is 3. The molecule has 1 atom stereocenters. The molecule has 224 valence electrons. The first kappa shape index (κ1) is 31.1. The maximum atomic E-state index is 13.6. The van der Waals surface area contributed by atoms with Gasteiger partial charge >= 0.3 is 6.18 Å². The number of nitrogens with one attached hydrogen (secondary N) is 2. The monoisotopic (exact) mass is 611 g/mol. The van der Waals surface area contributed by atoms with E-state index >= 15 is 0 Å². The highest BCUT2D eigenvalue weighted by atomic mass is 32.2. The number of halogens is 3. The van der Waals surface area contributed by atoms with E-state index in [-0.39, 0.29) is 22.6 Å². The molecule has 0 saturated carbocycles. The van der Waals surface area contributed by atoms with Crippen LogP contribution in [-0.2, 0) is 27.4 Å². The number of ether oxygens (including phenoxy) is 1. The van der Waals surface area contributed by atoms with Crippen LogP contribution >= 0.6 is 0 Å². The van der Waals surface area contributed by atoms with Crippen molar-refractivity contribution in [3.63, 3.8) is 0 Å². The van der Waals surface area contributed by atoms with Crippen molar-refractivity contribution >= 4 is 33.2 Å². The highest BCUT2D eigenvalue weighted by molar-refractivity contribution is 7.92. The minimum atomic E-state index is -4.57. The third-order valence-corrected chi connectivity index (χ3v) is 7.93. The van der Waals surface area contributed by atoms with Gasteiger partial charge in [0.1, 0.15) is 11.8 Å².